The van der Waals surface area contributed by atoms with E-state index in [1.54, 1.807) is 51.4 Å². The predicted molar refractivity (Wildman–Crippen MR) is 106 cm³/mol. The molecule has 9 heteroatoms. The van der Waals surface area contributed by atoms with Crippen LogP contribution >= 0.6 is 0 Å². The van der Waals surface area contributed by atoms with E-state index in [4.69, 9.17) is 4.74 Å². The second-order valence-corrected chi connectivity index (χ2v) is 8.13. The SMILES string of the molecule is CNS(=O)(=O)c1ccc(C)c(C(=O)Nc2ccc(OCC(=O)N(C)C)cc2)c1. The first-order valence-corrected chi connectivity index (χ1v) is 9.91. The maximum Gasteiger partial charge on any atom is 0.259 e. The van der Waals surface area contributed by atoms with Gasteiger partial charge in [-0.1, -0.05) is 6.07 Å². The van der Waals surface area contributed by atoms with Gasteiger partial charge in [0.25, 0.3) is 11.8 Å². The number of benzene rings is 2. The number of hydrogen-bond donors (Lipinski definition) is 2. The topological polar surface area (TPSA) is 105 Å². The van der Waals surface area contributed by atoms with Crippen LogP contribution in [-0.4, -0.2) is 52.9 Å². The molecule has 0 aromatic heterocycles. The quantitative estimate of drug-likeness (QED) is 0.728. The van der Waals surface area contributed by atoms with Crippen molar-refractivity contribution in [2.24, 2.45) is 0 Å². The Morgan fingerprint density at radius 1 is 1.07 bits per heavy atom. The van der Waals surface area contributed by atoms with Gasteiger partial charge in [-0.3, -0.25) is 9.59 Å². The lowest BCUT2D eigenvalue weighted by atomic mass is 10.1. The molecule has 0 fully saturated rings. The van der Waals surface area contributed by atoms with E-state index in [1.807, 2.05) is 0 Å². The maximum atomic E-state index is 12.6. The van der Waals surface area contributed by atoms with Gasteiger partial charge in [0.15, 0.2) is 6.61 Å². The molecule has 0 saturated heterocycles. The van der Waals surface area contributed by atoms with Crippen molar-refractivity contribution in [1.82, 2.24) is 9.62 Å². The zero-order chi connectivity index (χ0) is 20.9. The number of ether oxygens (including phenoxy) is 1. The summed E-state index contributed by atoms with van der Waals surface area (Å²) in [5.41, 5.74) is 1.42. The Hall–Kier alpha value is -2.91. The second kappa shape index (κ2) is 8.85. The highest BCUT2D eigenvalue weighted by molar-refractivity contribution is 7.89. The van der Waals surface area contributed by atoms with E-state index in [0.717, 1.165) is 0 Å². The molecule has 2 rings (SSSR count). The number of carbonyl (C=O) groups is 2. The Morgan fingerprint density at radius 3 is 2.29 bits per heavy atom. The van der Waals surface area contributed by atoms with E-state index in [2.05, 4.69) is 10.0 Å². The van der Waals surface area contributed by atoms with Gasteiger partial charge in [0, 0.05) is 25.3 Å². The van der Waals surface area contributed by atoms with Gasteiger partial charge in [0.2, 0.25) is 10.0 Å². The molecule has 28 heavy (non-hydrogen) atoms. The zero-order valence-corrected chi connectivity index (χ0v) is 17.0. The lowest BCUT2D eigenvalue weighted by molar-refractivity contribution is -0.130. The molecule has 8 nitrogen and oxygen atoms in total. The molecule has 0 aliphatic carbocycles. The van der Waals surface area contributed by atoms with Gasteiger partial charge >= 0.3 is 0 Å². The van der Waals surface area contributed by atoms with E-state index in [9.17, 15) is 18.0 Å². The van der Waals surface area contributed by atoms with E-state index >= 15 is 0 Å². The molecule has 2 aromatic carbocycles. The van der Waals surface area contributed by atoms with Crippen molar-refractivity contribution in [3.8, 4) is 5.75 Å². The molecular formula is C19H23N3O5S. The number of carbonyl (C=O) groups excluding carboxylic acids is 2. The molecule has 0 aliphatic rings. The molecule has 0 heterocycles. The van der Waals surface area contributed by atoms with Crippen LogP contribution in [0.25, 0.3) is 0 Å². The normalized spacial score (nSPS) is 11.0. The van der Waals surface area contributed by atoms with E-state index in [0.29, 0.717) is 17.0 Å². The van der Waals surface area contributed by atoms with Gasteiger partial charge in [-0.2, -0.15) is 0 Å². The molecule has 2 aromatic rings. The molecule has 2 N–H and O–H groups in total. The van der Waals surface area contributed by atoms with Crippen LogP contribution in [0.15, 0.2) is 47.4 Å². The first kappa shape index (κ1) is 21.4. The Labute approximate surface area is 164 Å². The van der Waals surface area contributed by atoms with E-state index in [1.165, 1.54) is 24.1 Å². The largest absolute Gasteiger partial charge is 0.484 e. The molecular weight excluding hydrogens is 382 g/mol. The van der Waals surface area contributed by atoms with Crippen molar-refractivity contribution in [2.75, 3.05) is 33.1 Å². The zero-order valence-electron chi connectivity index (χ0n) is 16.1. The van der Waals surface area contributed by atoms with Gasteiger partial charge < -0.3 is 15.0 Å². The average molecular weight is 405 g/mol. The van der Waals surface area contributed by atoms with Crippen LogP contribution in [0.5, 0.6) is 5.75 Å². The van der Waals surface area contributed by atoms with Crippen LogP contribution in [0, 0.1) is 6.92 Å². The highest BCUT2D eigenvalue weighted by Gasteiger charge is 2.16. The number of aryl methyl sites for hydroxylation is 1. The van der Waals surface area contributed by atoms with Gasteiger partial charge in [-0.05, 0) is 55.9 Å². The van der Waals surface area contributed by atoms with Gasteiger partial charge in [0.1, 0.15) is 5.75 Å². The summed E-state index contributed by atoms with van der Waals surface area (Å²) in [5, 5.41) is 2.72. The van der Waals surface area contributed by atoms with Gasteiger partial charge in [0.05, 0.1) is 4.90 Å². The third-order valence-corrected chi connectivity index (χ3v) is 5.42. The summed E-state index contributed by atoms with van der Waals surface area (Å²) in [7, 11) is 0.948. The second-order valence-electron chi connectivity index (χ2n) is 6.24. The number of hydrogen-bond acceptors (Lipinski definition) is 5. The molecule has 0 atom stereocenters. The molecule has 0 radical (unpaired) electrons. The van der Waals surface area contributed by atoms with Crippen molar-refractivity contribution in [2.45, 2.75) is 11.8 Å². The fourth-order valence-electron chi connectivity index (χ4n) is 2.24. The summed E-state index contributed by atoms with van der Waals surface area (Å²) in [6.45, 7) is 1.65. The number of likely N-dealkylation sites (N-methyl/N-ethyl adjacent to an activating group) is 1. The number of sulfonamides is 1. The molecule has 0 spiro atoms. The number of amides is 2. The first-order valence-electron chi connectivity index (χ1n) is 8.42. The molecule has 2 amide bonds. The number of nitrogens with zero attached hydrogens (tertiary/aromatic N) is 1. The Bertz CT molecular complexity index is 970. The lowest BCUT2D eigenvalue weighted by Gasteiger charge is -2.12. The third-order valence-electron chi connectivity index (χ3n) is 4.01. The summed E-state index contributed by atoms with van der Waals surface area (Å²) in [4.78, 5) is 25.5. The van der Waals surface area contributed by atoms with Gasteiger partial charge in [-0.25, -0.2) is 13.1 Å². The Kier molecular flexibility index (Phi) is 6.76. The highest BCUT2D eigenvalue weighted by Crippen LogP contribution is 2.19. The monoisotopic (exact) mass is 405 g/mol. The summed E-state index contributed by atoms with van der Waals surface area (Å²) in [6, 6.07) is 10.9. The van der Waals surface area contributed by atoms with Crippen LogP contribution < -0.4 is 14.8 Å². The summed E-state index contributed by atoms with van der Waals surface area (Å²) < 4.78 is 31.5. The minimum absolute atomic E-state index is 0.0139. The average Bonchev–Trinajstić information content (AvgIpc) is 2.67. The molecule has 0 saturated carbocycles. The summed E-state index contributed by atoms with van der Waals surface area (Å²) in [6.07, 6.45) is 0. The first-order chi connectivity index (χ1) is 13.1. The minimum Gasteiger partial charge on any atom is -0.484 e. The Balaban J connectivity index is 2.11. The van der Waals surface area contributed by atoms with Crippen LogP contribution in [0.2, 0.25) is 0 Å². The maximum absolute atomic E-state index is 12.6. The van der Waals surface area contributed by atoms with Crippen LogP contribution in [0.3, 0.4) is 0 Å². The van der Waals surface area contributed by atoms with Crippen molar-refractivity contribution in [3.05, 3.63) is 53.6 Å². The number of nitrogens with one attached hydrogen (secondary N) is 2. The fraction of sp³-hybridized carbons (Fsp3) is 0.263. The standard InChI is InChI=1S/C19H23N3O5S/c1-13-5-10-16(28(25,26)20-2)11-17(13)19(24)21-14-6-8-15(9-7-14)27-12-18(23)22(3)4/h5-11,20H,12H2,1-4H3,(H,21,24). The Morgan fingerprint density at radius 2 is 1.71 bits per heavy atom. The summed E-state index contributed by atoms with van der Waals surface area (Å²) >= 11 is 0. The molecule has 150 valence electrons. The van der Waals surface area contributed by atoms with Crippen LogP contribution in [-0.2, 0) is 14.8 Å². The van der Waals surface area contributed by atoms with Crippen molar-refractivity contribution >= 4 is 27.5 Å². The molecule has 0 aliphatic heterocycles. The number of rotatable bonds is 7. The smallest absolute Gasteiger partial charge is 0.259 e. The van der Waals surface area contributed by atoms with E-state index in [-0.39, 0.29) is 23.0 Å². The van der Waals surface area contributed by atoms with Crippen molar-refractivity contribution in [3.63, 3.8) is 0 Å². The third kappa shape index (κ3) is 5.30. The minimum atomic E-state index is -3.65. The highest BCUT2D eigenvalue weighted by atomic mass is 32.2. The number of anilines is 1. The van der Waals surface area contributed by atoms with E-state index < -0.39 is 15.9 Å². The van der Waals surface area contributed by atoms with Crippen LogP contribution in [0.4, 0.5) is 5.69 Å². The molecule has 0 unspecified atom stereocenters. The van der Waals surface area contributed by atoms with Crippen molar-refractivity contribution < 1.29 is 22.7 Å². The summed E-state index contributed by atoms with van der Waals surface area (Å²) in [5.74, 6) is -0.0992. The predicted octanol–water partition coefficient (Wildman–Crippen LogP) is 1.62. The van der Waals surface area contributed by atoms with Crippen molar-refractivity contribution in [1.29, 1.82) is 0 Å². The lowest BCUT2D eigenvalue weighted by Crippen LogP contribution is -2.27. The van der Waals surface area contributed by atoms with Crippen LogP contribution in [0.1, 0.15) is 15.9 Å². The molecule has 0 bridgehead atoms. The fourth-order valence-corrected chi connectivity index (χ4v) is 2.99. The van der Waals surface area contributed by atoms with Gasteiger partial charge in [-0.15, -0.1) is 0 Å².